The van der Waals surface area contributed by atoms with Gasteiger partial charge in [0.05, 0.1) is 0 Å². The summed E-state index contributed by atoms with van der Waals surface area (Å²) in [5.41, 5.74) is 0. The van der Waals surface area contributed by atoms with Crippen molar-refractivity contribution in [3.8, 4) is 0 Å². The van der Waals surface area contributed by atoms with Crippen LogP contribution >= 0.6 is 0 Å². The summed E-state index contributed by atoms with van der Waals surface area (Å²) in [5.74, 6) is -1.67. The van der Waals surface area contributed by atoms with Gasteiger partial charge >= 0.3 is 11.9 Å². The first-order valence-corrected chi connectivity index (χ1v) is 5.63. The van der Waals surface area contributed by atoms with Crippen molar-refractivity contribution in [2.75, 3.05) is 0 Å². The number of carboxylic acid groups (broad SMARTS) is 1. The van der Waals surface area contributed by atoms with E-state index in [2.05, 4.69) is 11.7 Å². The number of carboxylic acids is 1. The van der Waals surface area contributed by atoms with E-state index in [4.69, 9.17) is 5.11 Å². The molecule has 0 heterocycles. The maximum atomic E-state index is 10.7. The molecule has 0 fully saturated rings. The molecular weight excluding hydrogens is 208 g/mol. The number of aliphatic carboxylic acids is 1. The van der Waals surface area contributed by atoms with Crippen molar-refractivity contribution in [1.82, 2.24) is 0 Å². The van der Waals surface area contributed by atoms with Crippen LogP contribution in [0.15, 0.2) is 12.2 Å². The lowest BCUT2D eigenvalue weighted by Gasteiger charge is -2.09. The maximum Gasteiger partial charge on any atom is 0.345 e. The average molecular weight is 228 g/mol. The standard InChI is InChI=1S/C12H20O4/c1-3-4-5-6-7-8-9-11(12(14)15)16-10(2)13/h7-8,11H,3-6,9H2,1-2H3,(H,14,15)/b8-7-/t11-/m0/s1. The summed E-state index contributed by atoms with van der Waals surface area (Å²) < 4.78 is 4.65. The molecule has 0 aliphatic heterocycles. The van der Waals surface area contributed by atoms with Gasteiger partial charge in [-0.1, -0.05) is 31.9 Å². The molecular formula is C12H20O4. The SMILES string of the molecule is CCCCC/C=C\C[C@H](OC(C)=O)C(=O)O. The molecule has 0 spiro atoms. The molecule has 0 saturated heterocycles. The fourth-order valence-electron chi connectivity index (χ4n) is 1.25. The van der Waals surface area contributed by atoms with E-state index >= 15 is 0 Å². The minimum atomic E-state index is -1.10. The van der Waals surface area contributed by atoms with Crippen LogP contribution in [0.25, 0.3) is 0 Å². The van der Waals surface area contributed by atoms with Crippen LogP contribution in [-0.2, 0) is 14.3 Å². The van der Waals surface area contributed by atoms with Crippen molar-refractivity contribution in [2.45, 2.75) is 52.1 Å². The molecule has 0 aromatic heterocycles. The zero-order chi connectivity index (χ0) is 12.4. The van der Waals surface area contributed by atoms with E-state index in [0.29, 0.717) is 0 Å². The van der Waals surface area contributed by atoms with Crippen molar-refractivity contribution in [2.24, 2.45) is 0 Å². The van der Waals surface area contributed by atoms with Gasteiger partial charge in [0.1, 0.15) is 0 Å². The summed E-state index contributed by atoms with van der Waals surface area (Å²) in [4.78, 5) is 21.3. The highest BCUT2D eigenvalue weighted by Crippen LogP contribution is 2.04. The van der Waals surface area contributed by atoms with E-state index in [0.717, 1.165) is 12.8 Å². The molecule has 4 heteroatoms. The number of rotatable bonds is 8. The normalized spacial score (nSPS) is 12.6. The van der Waals surface area contributed by atoms with Crippen LogP contribution in [-0.4, -0.2) is 23.1 Å². The third-order valence-electron chi connectivity index (χ3n) is 2.07. The van der Waals surface area contributed by atoms with Gasteiger partial charge in [0.25, 0.3) is 0 Å². The summed E-state index contributed by atoms with van der Waals surface area (Å²) >= 11 is 0. The third-order valence-corrected chi connectivity index (χ3v) is 2.07. The third kappa shape index (κ3) is 8.03. The minimum Gasteiger partial charge on any atom is -0.478 e. The summed E-state index contributed by atoms with van der Waals surface area (Å²) in [6.45, 7) is 3.34. The number of hydrogen-bond donors (Lipinski definition) is 1. The van der Waals surface area contributed by atoms with E-state index in [1.54, 1.807) is 6.08 Å². The number of allylic oxidation sites excluding steroid dienone is 1. The lowest BCUT2D eigenvalue weighted by Crippen LogP contribution is -2.25. The summed E-state index contributed by atoms with van der Waals surface area (Å²) in [5, 5.41) is 8.75. The molecule has 1 atom stereocenters. The fraction of sp³-hybridized carbons (Fsp3) is 0.667. The van der Waals surface area contributed by atoms with Gasteiger partial charge in [-0.3, -0.25) is 4.79 Å². The Balaban J connectivity index is 3.83. The van der Waals surface area contributed by atoms with Gasteiger partial charge in [-0.25, -0.2) is 4.79 Å². The Labute approximate surface area is 96.3 Å². The zero-order valence-electron chi connectivity index (χ0n) is 9.94. The molecule has 0 aromatic rings. The molecule has 4 nitrogen and oxygen atoms in total. The highest BCUT2D eigenvalue weighted by Gasteiger charge is 2.18. The number of hydrogen-bond acceptors (Lipinski definition) is 3. The Kier molecular flexibility index (Phi) is 8.21. The molecule has 0 aliphatic rings. The van der Waals surface area contributed by atoms with Crippen LogP contribution < -0.4 is 0 Å². The smallest absolute Gasteiger partial charge is 0.345 e. The van der Waals surface area contributed by atoms with Gasteiger partial charge in [0, 0.05) is 13.3 Å². The summed E-state index contributed by atoms with van der Waals surface area (Å²) in [7, 11) is 0. The number of esters is 1. The van der Waals surface area contributed by atoms with Gasteiger partial charge in [-0.15, -0.1) is 0 Å². The summed E-state index contributed by atoms with van der Waals surface area (Å²) in [6.07, 6.45) is 7.28. The fourth-order valence-corrected chi connectivity index (χ4v) is 1.25. The Morgan fingerprint density at radius 2 is 2.00 bits per heavy atom. The van der Waals surface area contributed by atoms with Gasteiger partial charge < -0.3 is 9.84 Å². The minimum absolute atomic E-state index is 0.237. The second-order valence-corrected chi connectivity index (χ2v) is 3.64. The molecule has 0 bridgehead atoms. The predicted molar refractivity (Wildman–Crippen MR) is 61.1 cm³/mol. The number of carbonyl (C=O) groups is 2. The van der Waals surface area contributed by atoms with E-state index in [9.17, 15) is 9.59 Å². The zero-order valence-corrected chi connectivity index (χ0v) is 9.94. The maximum absolute atomic E-state index is 10.7. The molecule has 0 unspecified atom stereocenters. The molecule has 0 amide bonds. The first kappa shape index (κ1) is 14.7. The molecule has 0 saturated carbocycles. The molecule has 0 radical (unpaired) electrons. The second-order valence-electron chi connectivity index (χ2n) is 3.64. The highest BCUT2D eigenvalue weighted by atomic mass is 16.6. The lowest BCUT2D eigenvalue weighted by molar-refractivity contribution is -0.162. The quantitative estimate of drug-likeness (QED) is 0.394. The van der Waals surface area contributed by atoms with E-state index in [-0.39, 0.29) is 6.42 Å². The van der Waals surface area contributed by atoms with Crippen molar-refractivity contribution in [1.29, 1.82) is 0 Å². The Bertz CT molecular complexity index is 245. The van der Waals surface area contributed by atoms with Crippen LogP contribution in [0, 0.1) is 0 Å². The lowest BCUT2D eigenvalue weighted by atomic mass is 10.1. The van der Waals surface area contributed by atoms with Gasteiger partial charge in [-0.05, 0) is 12.8 Å². The molecule has 92 valence electrons. The monoisotopic (exact) mass is 228 g/mol. The molecule has 0 aliphatic carbocycles. The Hall–Kier alpha value is -1.32. The molecule has 0 aromatic carbocycles. The van der Waals surface area contributed by atoms with Gasteiger partial charge in [0.2, 0.25) is 6.10 Å². The first-order chi connectivity index (χ1) is 7.57. The number of carbonyl (C=O) groups excluding carboxylic acids is 1. The second kappa shape index (κ2) is 8.95. The van der Waals surface area contributed by atoms with Crippen molar-refractivity contribution in [3.63, 3.8) is 0 Å². The summed E-state index contributed by atoms with van der Waals surface area (Å²) in [6, 6.07) is 0. The number of ether oxygens (including phenoxy) is 1. The van der Waals surface area contributed by atoms with Crippen molar-refractivity contribution < 1.29 is 19.4 Å². The van der Waals surface area contributed by atoms with E-state index in [1.165, 1.54) is 19.8 Å². The van der Waals surface area contributed by atoms with Crippen LogP contribution in [0.1, 0.15) is 46.0 Å². The molecule has 1 N–H and O–H groups in total. The predicted octanol–water partition coefficient (Wildman–Crippen LogP) is 2.53. The van der Waals surface area contributed by atoms with Crippen LogP contribution in [0.4, 0.5) is 0 Å². The van der Waals surface area contributed by atoms with E-state index < -0.39 is 18.0 Å². The number of unbranched alkanes of at least 4 members (excludes halogenated alkanes) is 3. The van der Waals surface area contributed by atoms with Crippen LogP contribution in [0.3, 0.4) is 0 Å². The van der Waals surface area contributed by atoms with Crippen LogP contribution in [0.2, 0.25) is 0 Å². The molecule has 16 heavy (non-hydrogen) atoms. The van der Waals surface area contributed by atoms with E-state index in [1.807, 2.05) is 6.08 Å². The average Bonchev–Trinajstić information content (AvgIpc) is 2.20. The topological polar surface area (TPSA) is 63.6 Å². The van der Waals surface area contributed by atoms with Gasteiger partial charge in [-0.2, -0.15) is 0 Å². The molecule has 0 rings (SSSR count). The first-order valence-electron chi connectivity index (χ1n) is 5.63. The highest BCUT2D eigenvalue weighted by molar-refractivity contribution is 5.77. The van der Waals surface area contributed by atoms with Crippen molar-refractivity contribution in [3.05, 3.63) is 12.2 Å². The Morgan fingerprint density at radius 1 is 1.31 bits per heavy atom. The Morgan fingerprint density at radius 3 is 2.50 bits per heavy atom. The van der Waals surface area contributed by atoms with Crippen molar-refractivity contribution >= 4 is 11.9 Å². The largest absolute Gasteiger partial charge is 0.478 e. The van der Waals surface area contributed by atoms with Crippen LogP contribution in [0.5, 0.6) is 0 Å². The van der Waals surface area contributed by atoms with Gasteiger partial charge in [0.15, 0.2) is 0 Å².